The number of amides is 1. The first-order valence-electron chi connectivity index (χ1n) is 8.60. The van der Waals surface area contributed by atoms with Crippen molar-refractivity contribution in [2.75, 3.05) is 19.6 Å². The van der Waals surface area contributed by atoms with Crippen LogP contribution in [0.5, 0.6) is 0 Å². The van der Waals surface area contributed by atoms with Gasteiger partial charge in [-0.2, -0.15) is 0 Å². The maximum absolute atomic E-state index is 11.6. The molecule has 2 aromatic rings. The number of hydrogen-bond donors (Lipinski definition) is 2. The van der Waals surface area contributed by atoms with Crippen molar-refractivity contribution >= 4 is 6.09 Å². The number of fused-ring (bicyclic) bond motifs is 1. The predicted octanol–water partition coefficient (Wildman–Crippen LogP) is 1.95. The molecule has 0 spiro atoms. The Morgan fingerprint density at radius 1 is 1.04 bits per heavy atom. The van der Waals surface area contributed by atoms with Crippen LogP contribution >= 0.6 is 0 Å². The van der Waals surface area contributed by atoms with E-state index in [1.165, 1.54) is 0 Å². The Bertz CT molecular complexity index is 699. The Kier molecular flexibility index (Phi) is 3.98. The molecule has 2 aliphatic rings. The lowest BCUT2D eigenvalue weighted by molar-refractivity contribution is 0.0332. The highest BCUT2D eigenvalue weighted by atomic mass is 16.6. The second-order valence-corrected chi connectivity index (χ2v) is 7.02. The molecule has 1 saturated carbocycles. The molecule has 1 aliphatic carbocycles. The van der Waals surface area contributed by atoms with Gasteiger partial charge >= 0.3 is 6.09 Å². The van der Waals surface area contributed by atoms with Crippen LogP contribution in [0.1, 0.15) is 11.1 Å². The Hall–Kier alpha value is -2.37. The molecule has 0 aromatic heterocycles. The SMILES string of the molecule is NC(=O)OC1C2CN(CC(O)(c3ccccc3)c3ccccc3)CC21. The molecule has 5 nitrogen and oxygen atoms in total. The summed E-state index contributed by atoms with van der Waals surface area (Å²) >= 11 is 0. The largest absolute Gasteiger partial charge is 0.446 e. The number of carbonyl (C=O) groups excluding carboxylic acids is 1. The van der Waals surface area contributed by atoms with Gasteiger partial charge in [0.25, 0.3) is 0 Å². The highest BCUT2D eigenvalue weighted by Crippen LogP contribution is 2.48. The number of primary amides is 1. The Morgan fingerprint density at radius 2 is 1.52 bits per heavy atom. The van der Waals surface area contributed by atoms with E-state index in [-0.39, 0.29) is 6.10 Å². The van der Waals surface area contributed by atoms with E-state index in [1.54, 1.807) is 0 Å². The quantitative estimate of drug-likeness (QED) is 0.874. The van der Waals surface area contributed by atoms with Crippen LogP contribution in [-0.2, 0) is 10.3 Å². The smallest absolute Gasteiger partial charge is 0.404 e. The van der Waals surface area contributed by atoms with Crippen molar-refractivity contribution < 1.29 is 14.6 Å². The third-order valence-electron chi connectivity index (χ3n) is 5.40. The normalized spacial score (nSPS) is 25.4. The van der Waals surface area contributed by atoms with Crippen molar-refractivity contribution in [3.63, 3.8) is 0 Å². The summed E-state index contributed by atoms with van der Waals surface area (Å²) in [6.07, 6.45) is -0.744. The van der Waals surface area contributed by atoms with Crippen molar-refractivity contribution in [2.24, 2.45) is 17.6 Å². The zero-order valence-electron chi connectivity index (χ0n) is 13.9. The van der Waals surface area contributed by atoms with Crippen molar-refractivity contribution in [3.05, 3.63) is 71.8 Å². The van der Waals surface area contributed by atoms with Crippen molar-refractivity contribution in [3.8, 4) is 0 Å². The third-order valence-corrected chi connectivity index (χ3v) is 5.40. The third kappa shape index (κ3) is 3.01. The molecule has 2 atom stereocenters. The lowest BCUT2D eigenvalue weighted by Gasteiger charge is -2.34. The van der Waals surface area contributed by atoms with E-state index in [1.807, 2.05) is 60.7 Å². The number of ether oxygens (including phenoxy) is 1. The van der Waals surface area contributed by atoms with Crippen LogP contribution in [0.25, 0.3) is 0 Å². The van der Waals surface area contributed by atoms with Crippen LogP contribution in [0.15, 0.2) is 60.7 Å². The summed E-state index contributed by atoms with van der Waals surface area (Å²) in [4.78, 5) is 13.2. The fourth-order valence-electron chi connectivity index (χ4n) is 4.10. The minimum Gasteiger partial charge on any atom is -0.446 e. The highest BCUT2D eigenvalue weighted by Gasteiger charge is 2.59. The van der Waals surface area contributed by atoms with E-state index in [0.717, 1.165) is 24.2 Å². The molecular weight excluding hydrogens is 316 g/mol. The predicted molar refractivity (Wildman–Crippen MR) is 93.8 cm³/mol. The Balaban J connectivity index is 1.53. The van der Waals surface area contributed by atoms with Gasteiger partial charge in [0, 0.05) is 31.5 Å². The molecule has 25 heavy (non-hydrogen) atoms. The van der Waals surface area contributed by atoms with Gasteiger partial charge in [-0.05, 0) is 11.1 Å². The lowest BCUT2D eigenvalue weighted by atomic mass is 9.86. The number of nitrogens with zero attached hydrogens (tertiary/aromatic N) is 1. The monoisotopic (exact) mass is 338 g/mol. The van der Waals surface area contributed by atoms with Crippen molar-refractivity contribution in [1.29, 1.82) is 0 Å². The number of carbonyl (C=O) groups is 1. The molecule has 0 bridgehead atoms. The van der Waals surface area contributed by atoms with Gasteiger partial charge in [0.15, 0.2) is 0 Å². The summed E-state index contributed by atoms with van der Waals surface area (Å²) in [5.74, 6) is 0.673. The molecule has 2 fully saturated rings. The average Bonchev–Trinajstić information content (AvgIpc) is 3.06. The number of nitrogens with two attached hydrogens (primary N) is 1. The van der Waals surface area contributed by atoms with Crippen LogP contribution in [0.3, 0.4) is 0 Å². The molecule has 2 unspecified atom stereocenters. The van der Waals surface area contributed by atoms with Crippen molar-refractivity contribution in [1.82, 2.24) is 4.90 Å². The zero-order chi connectivity index (χ0) is 17.4. The van der Waals surface area contributed by atoms with Gasteiger partial charge in [0.1, 0.15) is 11.7 Å². The molecule has 1 heterocycles. The minimum atomic E-state index is -1.07. The molecule has 3 N–H and O–H groups in total. The number of hydrogen-bond acceptors (Lipinski definition) is 4. The van der Waals surface area contributed by atoms with E-state index in [4.69, 9.17) is 10.5 Å². The first-order valence-corrected chi connectivity index (χ1v) is 8.60. The first kappa shape index (κ1) is 16.1. The highest BCUT2D eigenvalue weighted by molar-refractivity contribution is 5.65. The average molecular weight is 338 g/mol. The number of aliphatic hydroxyl groups is 1. The zero-order valence-corrected chi connectivity index (χ0v) is 13.9. The molecule has 2 aromatic carbocycles. The molecule has 4 rings (SSSR count). The van der Waals surface area contributed by atoms with E-state index >= 15 is 0 Å². The van der Waals surface area contributed by atoms with E-state index < -0.39 is 11.7 Å². The Labute approximate surface area is 147 Å². The molecule has 1 aliphatic heterocycles. The Morgan fingerprint density at radius 3 is 1.96 bits per heavy atom. The van der Waals surface area contributed by atoms with Gasteiger partial charge < -0.3 is 15.6 Å². The number of rotatable bonds is 5. The van der Waals surface area contributed by atoms with Gasteiger partial charge in [-0.1, -0.05) is 60.7 Å². The first-order chi connectivity index (χ1) is 12.1. The fraction of sp³-hybridized carbons (Fsp3) is 0.350. The van der Waals surface area contributed by atoms with Crippen LogP contribution < -0.4 is 5.73 Å². The minimum absolute atomic E-state index is 0.0460. The summed E-state index contributed by atoms with van der Waals surface area (Å²) < 4.78 is 5.13. The number of likely N-dealkylation sites (tertiary alicyclic amines) is 1. The molecule has 1 saturated heterocycles. The maximum atomic E-state index is 11.6. The van der Waals surface area contributed by atoms with E-state index in [9.17, 15) is 9.90 Å². The molecule has 130 valence electrons. The van der Waals surface area contributed by atoms with Crippen LogP contribution in [0.4, 0.5) is 4.79 Å². The fourth-order valence-corrected chi connectivity index (χ4v) is 4.10. The van der Waals surface area contributed by atoms with Gasteiger partial charge in [-0.25, -0.2) is 4.79 Å². The molecule has 1 amide bonds. The van der Waals surface area contributed by atoms with Crippen LogP contribution in [0.2, 0.25) is 0 Å². The van der Waals surface area contributed by atoms with Gasteiger partial charge in [-0.3, -0.25) is 4.90 Å². The second kappa shape index (κ2) is 6.17. The number of piperidine rings is 1. The topological polar surface area (TPSA) is 75.8 Å². The summed E-state index contributed by atoms with van der Waals surface area (Å²) in [6, 6.07) is 19.5. The van der Waals surface area contributed by atoms with Crippen LogP contribution in [-0.4, -0.2) is 41.8 Å². The standard InChI is InChI=1S/C20H22N2O3/c21-19(23)25-18-16-11-22(12-17(16)18)13-20(24,14-7-3-1-4-8-14)15-9-5-2-6-10-15/h1-10,16-18,24H,11-13H2,(H2,21,23). The van der Waals surface area contributed by atoms with Gasteiger partial charge in [0.2, 0.25) is 0 Å². The summed E-state index contributed by atoms with van der Waals surface area (Å²) in [5.41, 5.74) is 5.80. The summed E-state index contributed by atoms with van der Waals surface area (Å²) in [6.45, 7) is 2.13. The van der Waals surface area contributed by atoms with E-state index in [0.29, 0.717) is 18.4 Å². The molecule has 5 heteroatoms. The molecular formula is C20H22N2O3. The van der Waals surface area contributed by atoms with E-state index in [2.05, 4.69) is 4.90 Å². The number of β-amino-alcohol motifs (C(OH)–C–C–N with tert-alkyl or cyclic N) is 1. The van der Waals surface area contributed by atoms with Crippen molar-refractivity contribution in [2.45, 2.75) is 11.7 Å². The second-order valence-electron chi connectivity index (χ2n) is 7.02. The number of benzene rings is 2. The van der Waals surface area contributed by atoms with Gasteiger partial charge in [-0.15, -0.1) is 0 Å². The van der Waals surface area contributed by atoms with Crippen LogP contribution in [0, 0.1) is 11.8 Å². The molecule has 0 radical (unpaired) electrons. The summed E-state index contributed by atoms with van der Waals surface area (Å²) in [5, 5.41) is 11.6. The lowest BCUT2D eigenvalue weighted by Crippen LogP contribution is -2.42. The van der Waals surface area contributed by atoms with Gasteiger partial charge in [0.05, 0.1) is 0 Å². The maximum Gasteiger partial charge on any atom is 0.404 e. The summed E-state index contributed by atoms with van der Waals surface area (Å²) in [7, 11) is 0.